The van der Waals surface area contributed by atoms with E-state index in [1.165, 1.54) is 4.90 Å². The zero-order valence-corrected chi connectivity index (χ0v) is 9.72. The van der Waals surface area contributed by atoms with Crippen molar-refractivity contribution in [1.29, 1.82) is 0 Å². The van der Waals surface area contributed by atoms with Crippen LogP contribution in [0.5, 0.6) is 0 Å². The van der Waals surface area contributed by atoms with E-state index in [9.17, 15) is 4.79 Å². The Morgan fingerprint density at radius 3 is 2.62 bits per heavy atom. The first-order valence-corrected chi connectivity index (χ1v) is 5.34. The molecule has 0 aromatic heterocycles. The SMILES string of the molecule is CCC(N)N(C)C(=O)OCc1ccccc1. The Kier molecular flexibility index (Phi) is 4.79. The second-order valence-electron chi connectivity index (χ2n) is 3.63. The fourth-order valence-electron chi connectivity index (χ4n) is 1.23. The van der Waals surface area contributed by atoms with E-state index in [0.29, 0.717) is 6.42 Å². The fourth-order valence-corrected chi connectivity index (χ4v) is 1.23. The number of nitrogens with two attached hydrogens (primary N) is 1. The summed E-state index contributed by atoms with van der Waals surface area (Å²) in [5, 5.41) is 0. The van der Waals surface area contributed by atoms with Crippen LogP contribution in [0.2, 0.25) is 0 Å². The molecule has 1 amide bonds. The van der Waals surface area contributed by atoms with Gasteiger partial charge in [-0.2, -0.15) is 0 Å². The second-order valence-corrected chi connectivity index (χ2v) is 3.63. The van der Waals surface area contributed by atoms with Crippen molar-refractivity contribution in [2.24, 2.45) is 5.73 Å². The van der Waals surface area contributed by atoms with Gasteiger partial charge in [-0.15, -0.1) is 0 Å². The van der Waals surface area contributed by atoms with Crippen LogP contribution in [0.15, 0.2) is 30.3 Å². The standard InChI is InChI=1S/C12H18N2O2/c1-3-11(13)14(2)12(15)16-9-10-7-5-4-6-8-10/h4-8,11H,3,9,13H2,1-2H3. The third-order valence-corrected chi connectivity index (χ3v) is 2.41. The molecule has 1 unspecified atom stereocenters. The molecular weight excluding hydrogens is 204 g/mol. The van der Waals surface area contributed by atoms with Gasteiger partial charge in [0.05, 0.1) is 6.17 Å². The molecule has 0 aliphatic rings. The largest absolute Gasteiger partial charge is 0.445 e. The first-order chi connectivity index (χ1) is 7.65. The molecule has 1 aromatic rings. The number of carbonyl (C=O) groups is 1. The van der Waals surface area contributed by atoms with Crippen molar-refractivity contribution in [1.82, 2.24) is 4.90 Å². The van der Waals surface area contributed by atoms with Gasteiger partial charge in [-0.25, -0.2) is 4.79 Å². The zero-order valence-electron chi connectivity index (χ0n) is 9.72. The van der Waals surface area contributed by atoms with E-state index in [1.54, 1.807) is 7.05 Å². The number of nitrogens with zero attached hydrogens (tertiary/aromatic N) is 1. The Morgan fingerprint density at radius 1 is 1.44 bits per heavy atom. The molecule has 1 atom stereocenters. The average Bonchev–Trinajstić information content (AvgIpc) is 2.35. The van der Waals surface area contributed by atoms with Gasteiger partial charge in [0.15, 0.2) is 0 Å². The third-order valence-electron chi connectivity index (χ3n) is 2.41. The molecule has 88 valence electrons. The molecule has 0 saturated heterocycles. The summed E-state index contributed by atoms with van der Waals surface area (Å²) in [6.45, 7) is 2.20. The van der Waals surface area contributed by atoms with Crippen LogP contribution in [0.4, 0.5) is 4.79 Å². The van der Waals surface area contributed by atoms with E-state index >= 15 is 0 Å². The monoisotopic (exact) mass is 222 g/mol. The highest BCUT2D eigenvalue weighted by molar-refractivity contribution is 5.67. The molecule has 1 rings (SSSR count). The molecular formula is C12H18N2O2. The highest BCUT2D eigenvalue weighted by atomic mass is 16.6. The van der Waals surface area contributed by atoms with Gasteiger partial charge in [-0.3, -0.25) is 4.90 Å². The first-order valence-electron chi connectivity index (χ1n) is 5.34. The van der Waals surface area contributed by atoms with E-state index in [2.05, 4.69) is 0 Å². The minimum Gasteiger partial charge on any atom is -0.445 e. The molecule has 1 aromatic carbocycles. The molecule has 16 heavy (non-hydrogen) atoms. The van der Waals surface area contributed by atoms with Crippen molar-refractivity contribution in [2.45, 2.75) is 26.1 Å². The van der Waals surface area contributed by atoms with E-state index in [-0.39, 0.29) is 12.8 Å². The average molecular weight is 222 g/mol. The number of hydrogen-bond acceptors (Lipinski definition) is 3. The van der Waals surface area contributed by atoms with Crippen molar-refractivity contribution < 1.29 is 9.53 Å². The quantitative estimate of drug-likeness (QED) is 0.792. The van der Waals surface area contributed by atoms with Gasteiger partial charge in [0.1, 0.15) is 6.61 Å². The Labute approximate surface area is 96.0 Å². The molecule has 4 heteroatoms. The van der Waals surface area contributed by atoms with Gasteiger partial charge < -0.3 is 10.5 Å². The molecule has 0 aliphatic heterocycles. The molecule has 4 nitrogen and oxygen atoms in total. The highest BCUT2D eigenvalue weighted by Crippen LogP contribution is 2.04. The van der Waals surface area contributed by atoms with E-state index in [1.807, 2.05) is 37.3 Å². The molecule has 0 saturated carbocycles. The summed E-state index contributed by atoms with van der Waals surface area (Å²) in [5.74, 6) is 0. The predicted octanol–water partition coefficient (Wildman–Crippen LogP) is 1.95. The van der Waals surface area contributed by atoms with Gasteiger partial charge >= 0.3 is 6.09 Å². The van der Waals surface area contributed by atoms with Crippen LogP contribution in [0.3, 0.4) is 0 Å². The maximum Gasteiger partial charge on any atom is 0.411 e. The topological polar surface area (TPSA) is 55.6 Å². The number of benzene rings is 1. The second kappa shape index (κ2) is 6.12. The Balaban J connectivity index is 2.41. The molecule has 0 bridgehead atoms. The van der Waals surface area contributed by atoms with Crippen LogP contribution in [-0.2, 0) is 11.3 Å². The van der Waals surface area contributed by atoms with Crippen molar-refractivity contribution >= 4 is 6.09 Å². The molecule has 2 N–H and O–H groups in total. The Bertz CT molecular complexity index is 327. The summed E-state index contributed by atoms with van der Waals surface area (Å²) in [6.07, 6.45) is 0.0261. The Morgan fingerprint density at radius 2 is 2.06 bits per heavy atom. The summed E-state index contributed by atoms with van der Waals surface area (Å²) in [6, 6.07) is 9.56. The lowest BCUT2D eigenvalue weighted by Crippen LogP contribution is -2.42. The lowest BCUT2D eigenvalue weighted by atomic mass is 10.2. The summed E-state index contributed by atoms with van der Waals surface area (Å²) in [4.78, 5) is 12.9. The predicted molar refractivity (Wildman–Crippen MR) is 62.7 cm³/mol. The van der Waals surface area contributed by atoms with Gasteiger partial charge in [0, 0.05) is 7.05 Å². The van der Waals surface area contributed by atoms with Crippen LogP contribution in [0.25, 0.3) is 0 Å². The van der Waals surface area contributed by atoms with Crippen molar-refractivity contribution in [3.8, 4) is 0 Å². The van der Waals surface area contributed by atoms with Crippen LogP contribution < -0.4 is 5.73 Å². The minimum absolute atomic E-state index is 0.278. The summed E-state index contributed by atoms with van der Waals surface area (Å²) in [7, 11) is 1.64. The normalized spacial score (nSPS) is 11.9. The van der Waals surface area contributed by atoms with Crippen molar-refractivity contribution in [3.05, 3.63) is 35.9 Å². The van der Waals surface area contributed by atoms with E-state index in [0.717, 1.165) is 5.56 Å². The van der Waals surface area contributed by atoms with Gasteiger partial charge in [-0.1, -0.05) is 37.3 Å². The fraction of sp³-hybridized carbons (Fsp3) is 0.417. The smallest absolute Gasteiger partial charge is 0.411 e. The lowest BCUT2D eigenvalue weighted by Gasteiger charge is -2.22. The van der Waals surface area contributed by atoms with Crippen LogP contribution in [0.1, 0.15) is 18.9 Å². The summed E-state index contributed by atoms with van der Waals surface area (Å²) >= 11 is 0. The van der Waals surface area contributed by atoms with Crippen LogP contribution >= 0.6 is 0 Å². The van der Waals surface area contributed by atoms with E-state index in [4.69, 9.17) is 10.5 Å². The molecule has 0 spiro atoms. The van der Waals surface area contributed by atoms with Gasteiger partial charge in [0.25, 0.3) is 0 Å². The number of rotatable bonds is 4. The van der Waals surface area contributed by atoms with Crippen LogP contribution in [-0.4, -0.2) is 24.2 Å². The van der Waals surface area contributed by atoms with Crippen molar-refractivity contribution in [2.75, 3.05) is 7.05 Å². The number of hydrogen-bond donors (Lipinski definition) is 1. The Hall–Kier alpha value is -1.55. The van der Waals surface area contributed by atoms with Crippen molar-refractivity contribution in [3.63, 3.8) is 0 Å². The number of carbonyl (C=O) groups excluding carboxylic acids is 1. The zero-order chi connectivity index (χ0) is 12.0. The lowest BCUT2D eigenvalue weighted by molar-refractivity contribution is 0.0911. The maximum absolute atomic E-state index is 11.5. The third kappa shape index (κ3) is 3.55. The van der Waals surface area contributed by atoms with Gasteiger partial charge in [-0.05, 0) is 12.0 Å². The minimum atomic E-state index is -0.391. The summed E-state index contributed by atoms with van der Waals surface area (Å²) in [5.41, 5.74) is 6.68. The van der Waals surface area contributed by atoms with E-state index < -0.39 is 6.09 Å². The first kappa shape index (κ1) is 12.5. The molecule has 0 radical (unpaired) electrons. The molecule has 0 aliphatic carbocycles. The molecule has 0 fully saturated rings. The molecule has 0 heterocycles. The highest BCUT2D eigenvalue weighted by Gasteiger charge is 2.15. The summed E-state index contributed by atoms with van der Waals surface area (Å²) < 4.78 is 5.12. The van der Waals surface area contributed by atoms with Gasteiger partial charge in [0.2, 0.25) is 0 Å². The maximum atomic E-state index is 11.5. The number of amides is 1. The number of ether oxygens (including phenoxy) is 1. The van der Waals surface area contributed by atoms with Crippen LogP contribution in [0, 0.1) is 0 Å².